The van der Waals surface area contributed by atoms with Crippen molar-refractivity contribution in [1.29, 1.82) is 0 Å². The summed E-state index contributed by atoms with van der Waals surface area (Å²) in [5.41, 5.74) is 0.620. The second-order valence-electron chi connectivity index (χ2n) is 8.29. The molecule has 0 bridgehead atoms. The van der Waals surface area contributed by atoms with Crippen molar-refractivity contribution < 1.29 is 14.0 Å². The van der Waals surface area contributed by atoms with Crippen LogP contribution in [0, 0.1) is 18.7 Å². The van der Waals surface area contributed by atoms with Crippen LogP contribution in [-0.4, -0.2) is 69.2 Å². The van der Waals surface area contributed by atoms with E-state index >= 15 is 0 Å². The number of nitrogens with zero attached hydrogens (tertiary/aromatic N) is 7. The molecule has 2 aromatic heterocycles. The minimum absolute atomic E-state index is 0.00960. The summed E-state index contributed by atoms with van der Waals surface area (Å²) in [6.45, 7) is 4.64. The van der Waals surface area contributed by atoms with Crippen LogP contribution in [0.5, 0.6) is 0 Å². The number of piperazine rings is 1. The van der Waals surface area contributed by atoms with Crippen molar-refractivity contribution in [3.05, 3.63) is 60.4 Å². The maximum Gasteiger partial charge on any atom is 0.228 e. The second-order valence-corrected chi connectivity index (χ2v) is 8.29. The molecule has 3 aromatic rings. The summed E-state index contributed by atoms with van der Waals surface area (Å²) in [6.07, 6.45) is 3.74. The van der Waals surface area contributed by atoms with Crippen molar-refractivity contribution in [2.24, 2.45) is 5.92 Å². The fourth-order valence-electron chi connectivity index (χ4n) is 4.39. The molecule has 0 aliphatic carbocycles. The number of hydrogen-bond acceptors (Lipinski definition) is 6. The normalized spacial score (nSPS) is 18.8. The van der Waals surface area contributed by atoms with Crippen molar-refractivity contribution in [3.63, 3.8) is 0 Å². The Morgan fingerprint density at radius 2 is 1.70 bits per heavy atom. The number of rotatable bonds is 4. The smallest absolute Gasteiger partial charge is 0.228 e. The minimum atomic E-state index is -0.383. The molecule has 170 valence electrons. The van der Waals surface area contributed by atoms with Gasteiger partial charge in [0.25, 0.3) is 0 Å². The lowest BCUT2D eigenvalue weighted by Crippen LogP contribution is -2.51. The number of carbonyl (C=O) groups excluding carboxylic acids is 2. The molecule has 0 saturated carbocycles. The maximum atomic E-state index is 13.2. The van der Waals surface area contributed by atoms with Crippen LogP contribution in [0.25, 0.3) is 5.82 Å². The Bertz CT molecular complexity index is 1150. The van der Waals surface area contributed by atoms with Gasteiger partial charge in [0.15, 0.2) is 11.6 Å². The molecule has 2 aliphatic rings. The van der Waals surface area contributed by atoms with Gasteiger partial charge in [-0.1, -0.05) is 0 Å². The second kappa shape index (κ2) is 8.61. The monoisotopic (exact) mass is 449 g/mol. The topological polar surface area (TPSA) is 87.5 Å². The van der Waals surface area contributed by atoms with E-state index < -0.39 is 0 Å². The molecule has 1 aromatic carbocycles. The van der Waals surface area contributed by atoms with E-state index in [1.54, 1.807) is 23.2 Å². The highest BCUT2D eigenvalue weighted by Gasteiger charge is 2.38. The maximum absolute atomic E-state index is 13.2. The van der Waals surface area contributed by atoms with Crippen molar-refractivity contribution in [2.45, 2.75) is 13.3 Å². The highest BCUT2D eigenvalue weighted by molar-refractivity contribution is 6.00. The lowest BCUT2D eigenvalue weighted by Gasteiger charge is -2.36. The summed E-state index contributed by atoms with van der Waals surface area (Å²) in [7, 11) is 0. The van der Waals surface area contributed by atoms with Gasteiger partial charge in [-0.2, -0.15) is 0 Å². The average molecular weight is 449 g/mol. The Hall–Kier alpha value is -3.82. The number of anilines is 2. The Kier molecular flexibility index (Phi) is 5.49. The van der Waals surface area contributed by atoms with Crippen molar-refractivity contribution >= 4 is 23.3 Å². The number of hydrogen-bond donors (Lipinski definition) is 0. The number of aryl methyl sites for hydroxylation is 1. The zero-order chi connectivity index (χ0) is 22.9. The van der Waals surface area contributed by atoms with E-state index in [4.69, 9.17) is 0 Å². The van der Waals surface area contributed by atoms with Gasteiger partial charge in [0.05, 0.1) is 5.92 Å². The summed E-state index contributed by atoms with van der Waals surface area (Å²) < 4.78 is 15.1. The molecule has 1 atom stereocenters. The SMILES string of the molecule is Cc1nccn1-c1ccc(N2CCN(C(=O)C3CC(=O)N(c4ccc(F)cc4)C3)CC2)nn1. The largest absolute Gasteiger partial charge is 0.352 e. The van der Waals surface area contributed by atoms with E-state index in [0.717, 1.165) is 11.6 Å². The molecule has 2 amide bonds. The van der Waals surface area contributed by atoms with Crippen LogP contribution in [0.4, 0.5) is 15.9 Å². The molecule has 2 fully saturated rings. The summed E-state index contributed by atoms with van der Waals surface area (Å²) in [5.74, 6) is 1.46. The van der Waals surface area contributed by atoms with E-state index in [1.165, 1.54) is 12.1 Å². The molecule has 5 rings (SSSR count). The van der Waals surface area contributed by atoms with E-state index in [2.05, 4.69) is 20.1 Å². The first-order chi connectivity index (χ1) is 16.0. The molecule has 4 heterocycles. The fourth-order valence-corrected chi connectivity index (χ4v) is 4.39. The number of benzene rings is 1. The van der Waals surface area contributed by atoms with Crippen LogP contribution in [0.1, 0.15) is 12.2 Å². The number of aromatic nitrogens is 4. The van der Waals surface area contributed by atoms with Crippen LogP contribution in [0.15, 0.2) is 48.8 Å². The third kappa shape index (κ3) is 4.15. The fraction of sp³-hybridized carbons (Fsp3) is 0.348. The quantitative estimate of drug-likeness (QED) is 0.604. The summed E-state index contributed by atoms with van der Waals surface area (Å²) in [6, 6.07) is 9.61. The standard InChI is InChI=1S/C23H24FN7O2/c1-16-25-8-9-30(16)21-7-6-20(26-27-21)28-10-12-29(13-11-28)23(33)17-14-22(32)31(15-17)19-4-2-18(24)3-5-19/h2-9,17H,10-15H2,1H3. The van der Waals surface area contributed by atoms with E-state index in [-0.39, 0.29) is 30.0 Å². The molecule has 2 aliphatic heterocycles. The Balaban J connectivity index is 1.18. The lowest BCUT2D eigenvalue weighted by molar-refractivity contribution is -0.136. The van der Waals surface area contributed by atoms with Gasteiger partial charge in [-0.25, -0.2) is 9.37 Å². The van der Waals surface area contributed by atoms with Gasteiger partial charge in [0.1, 0.15) is 11.6 Å². The molecule has 0 spiro atoms. The molecule has 33 heavy (non-hydrogen) atoms. The molecule has 1 unspecified atom stereocenters. The van der Waals surface area contributed by atoms with Crippen LogP contribution in [-0.2, 0) is 9.59 Å². The van der Waals surface area contributed by atoms with Gasteiger partial charge in [0, 0.05) is 57.2 Å². The Labute approximate surface area is 190 Å². The average Bonchev–Trinajstić information content (AvgIpc) is 3.45. The van der Waals surface area contributed by atoms with Gasteiger partial charge in [-0.05, 0) is 43.3 Å². The molecule has 0 radical (unpaired) electrons. The van der Waals surface area contributed by atoms with Gasteiger partial charge < -0.3 is 14.7 Å². The summed E-state index contributed by atoms with van der Waals surface area (Å²) >= 11 is 0. The zero-order valence-electron chi connectivity index (χ0n) is 18.3. The first-order valence-electron chi connectivity index (χ1n) is 10.9. The predicted octanol–water partition coefficient (Wildman–Crippen LogP) is 1.81. The van der Waals surface area contributed by atoms with E-state index in [9.17, 15) is 14.0 Å². The van der Waals surface area contributed by atoms with Crippen molar-refractivity contribution in [1.82, 2.24) is 24.6 Å². The molecule has 0 N–H and O–H groups in total. The van der Waals surface area contributed by atoms with E-state index in [0.29, 0.717) is 44.2 Å². The molecule has 9 nitrogen and oxygen atoms in total. The van der Waals surface area contributed by atoms with Crippen LogP contribution in [0.3, 0.4) is 0 Å². The predicted molar refractivity (Wildman–Crippen MR) is 120 cm³/mol. The number of imidazole rings is 1. The molecule has 10 heteroatoms. The number of amides is 2. The number of halogens is 1. The van der Waals surface area contributed by atoms with Gasteiger partial charge >= 0.3 is 0 Å². The van der Waals surface area contributed by atoms with Gasteiger partial charge in [0.2, 0.25) is 11.8 Å². The lowest BCUT2D eigenvalue weighted by atomic mass is 10.1. The highest BCUT2D eigenvalue weighted by atomic mass is 19.1. The van der Waals surface area contributed by atoms with Crippen molar-refractivity contribution in [2.75, 3.05) is 42.5 Å². The van der Waals surface area contributed by atoms with Crippen LogP contribution in [0.2, 0.25) is 0 Å². The third-order valence-corrected chi connectivity index (χ3v) is 6.24. The van der Waals surface area contributed by atoms with Crippen molar-refractivity contribution in [3.8, 4) is 5.82 Å². The summed E-state index contributed by atoms with van der Waals surface area (Å²) in [5, 5.41) is 8.66. The van der Waals surface area contributed by atoms with Crippen LogP contribution >= 0.6 is 0 Å². The first-order valence-corrected chi connectivity index (χ1v) is 10.9. The third-order valence-electron chi connectivity index (χ3n) is 6.24. The van der Waals surface area contributed by atoms with Crippen LogP contribution < -0.4 is 9.80 Å². The molecular formula is C23H24FN7O2. The summed E-state index contributed by atoms with van der Waals surface area (Å²) in [4.78, 5) is 35.2. The molecule has 2 saturated heterocycles. The Morgan fingerprint density at radius 3 is 2.33 bits per heavy atom. The minimum Gasteiger partial charge on any atom is -0.352 e. The number of carbonyl (C=O) groups is 2. The highest BCUT2D eigenvalue weighted by Crippen LogP contribution is 2.27. The Morgan fingerprint density at radius 1 is 1.00 bits per heavy atom. The van der Waals surface area contributed by atoms with E-state index in [1.807, 2.05) is 34.7 Å². The van der Waals surface area contributed by atoms with Gasteiger partial charge in [-0.15, -0.1) is 10.2 Å². The molecular weight excluding hydrogens is 425 g/mol. The first kappa shape index (κ1) is 21.0. The zero-order valence-corrected chi connectivity index (χ0v) is 18.3. The van der Waals surface area contributed by atoms with Gasteiger partial charge in [-0.3, -0.25) is 14.2 Å².